The Morgan fingerprint density at radius 2 is 1.81 bits per heavy atom. The van der Waals surface area contributed by atoms with Crippen LogP contribution in [0, 0.1) is 0 Å². The average molecular weight is 428 g/mol. The van der Waals surface area contributed by atoms with Gasteiger partial charge in [0, 0.05) is 0 Å². The van der Waals surface area contributed by atoms with Crippen LogP contribution >= 0.6 is 0 Å². The third-order valence-corrected chi connectivity index (χ3v) is 4.78. The predicted molar refractivity (Wildman–Crippen MR) is 117 cm³/mol. The van der Waals surface area contributed by atoms with Gasteiger partial charge in [-0.25, -0.2) is 14.8 Å². The number of para-hydroxylation sites is 1. The number of nitrogens with zero attached hydrogens (tertiary/aromatic N) is 2. The minimum atomic E-state index is -1.29. The molecule has 1 aliphatic heterocycles. The molecule has 8 nitrogen and oxygen atoms in total. The van der Waals surface area contributed by atoms with E-state index in [9.17, 15) is 14.4 Å². The van der Waals surface area contributed by atoms with Crippen molar-refractivity contribution in [3.63, 3.8) is 0 Å². The predicted octanol–water partition coefficient (Wildman–Crippen LogP) is 3.53. The molecule has 1 atom stereocenters. The molecule has 0 bridgehead atoms. The lowest BCUT2D eigenvalue weighted by Gasteiger charge is -2.14. The summed E-state index contributed by atoms with van der Waals surface area (Å²) >= 11 is 0. The molecule has 0 amide bonds. The Balaban J connectivity index is 2.16. The lowest BCUT2D eigenvalue weighted by molar-refractivity contribution is -0.159. The van der Waals surface area contributed by atoms with E-state index in [1.807, 2.05) is 6.92 Å². The zero-order chi connectivity index (χ0) is 22.8. The van der Waals surface area contributed by atoms with E-state index in [2.05, 4.69) is 16.9 Å². The molecule has 0 N–H and O–H groups in total. The van der Waals surface area contributed by atoms with Crippen molar-refractivity contribution in [2.75, 3.05) is 14.2 Å². The number of carbonyl (C=O) groups excluding carboxylic acids is 3. The van der Waals surface area contributed by atoms with Crippen LogP contribution in [0.5, 0.6) is 5.75 Å². The maximum atomic E-state index is 12.5. The molecule has 1 aromatic carbocycles. The maximum Gasteiger partial charge on any atom is 0.383 e. The first kappa shape index (κ1) is 24.0. The zero-order valence-electron chi connectivity index (χ0n) is 18.3. The summed E-state index contributed by atoms with van der Waals surface area (Å²) in [6.45, 7) is 3.94. The second kappa shape index (κ2) is 11.8. The molecule has 31 heavy (non-hydrogen) atoms. The van der Waals surface area contributed by atoms with Gasteiger partial charge in [-0.05, 0) is 31.4 Å². The summed E-state index contributed by atoms with van der Waals surface area (Å²) in [6.07, 6.45) is 5.06. The van der Waals surface area contributed by atoms with E-state index in [0.717, 1.165) is 19.3 Å². The fourth-order valence-corrected chi connectivity index (χ4v) is 3.07. The molecule has 1 heterocycles. The Bertz CT molecular complexity index is 916. The Morgan fingerprint density at radius 3 is 2.45 bits per heavy atom. The maximum absolute atomic E-state index is 12.5. The van der Waals surface area contributed by atoms with E-state index in [4.69, 9.17) is 14.2 Å². The van der Waals surface area contributed by atoms with Crippen LogP contribution in [0.25, 0.3) is 5.76 Å². The fraction of sp³-hybridized carbons (Fsp3) is 0.435. The number of aliphatic imine (C=N–C) groups is 2. The highest BCUT2D eigenvalue weighted by molar-refractivity contribution is 6.78. The highest BCUT2D eigenvalue weighted by Gasteiger charge is 2.32. The fourth-order valence-electron chi connectivity index (χ4n) is 3.07. The Kier molecular flexibility index (Phi) is 9.12. The first-order valence-corrected chi connectivity index (χ1v) is 10.3. The van der Waals surface area contributed by atoms with E-state index >= 15 is 0 Å². The standard InChI is InChI=1S/C23H28N2O6/c1-5-7-8-11-15(6-2)31-23(28)20(27)19(26)22-24-14-17(25-22)21(30-4)16-12-9-10-13-18(16)29-3/h9-10,12-15H,5-8,11H2,1-4H3. The molecule has 8 heteroatoms. The number of hydrogen-bond donors (Lipinski definition) is 0. The molecule has 0 aromatic heterocycles. The van der Waals surface area contributed by atoms with Crippen LogP contribution in [0.3, 0.4) is 0 Å². The minimum absolute atomic E-state index is 0.238. The molecule has 2 rings (SSSR count). The molecule has 0 saturated carbocycles. The number of methoxy groups -OCH3 is 2. The van der Waals surface area contributed by atoms with Crippen LogP contribution in [0.2, 0.25) is 0 Å². The second-order valence-electron chi connectivity index (χ2n) is 6.90. The monoisotopic (exact) mass is 428 g/mol. The van der Waals surface area contributed by atoms with Crippen molar-refractivity contribution in [3.8, 4) is 5.75 Å². The minimum Gasteiger partial charge on any atom is -0.496 e. The van der Waals surface area contributed by atoms with Gasteiger partial charge in [-0.1, -0.05) is 38.8 Å². The molecular formula is C23H28N2O6. The summed E-state index contributed by atoms with van der Waals surface area (Å²) in [4.78, 5) is 44.9. The summed E-state index contributed by atoms with van der Waals surface area (Å²) in [5.74, 6) is -3.11. The third-order valence-electron chi connectivity index (χ3n) is 4.78. The molecule has 0 radical (unpaired) electrons. The summed E-state index contributed by atoms with van der Waals surface area (Å²) in [7, 11) is 2.97. The summed E-state index contributed by atoms with van der Waals surface area (Å²) in [6, 6.07) is 7.11. The van der Waals surface area contributed by atoms with Gasteiger partial charge in [0.2, 0.25) is 5.84 Å². The summed E-state index contributed by atoms with van der Waals surface area (Å²) in [5, 5.41) is 0. The van der Waals surface area contributed by atoms with Crippen LogP contribution in [-0.4, -0.2) is 49.9 Å². The van der Waals surface area contributed by atoms with Gasteiger partial charge in [-0.15, -0.1) is 0 Å². The van der Waals surface area contributed by atoms with E-state index in [1.54, 1.807) is 24.3 Å². The number of esters is 1. The van der Waals surface area contributed by atoms with E-state index in [-0.39, 0.29) is 11.5 Å². The number of rotatable bonds is 12. The molecule has 0 spiro atoms. The van der Waals surface area contributed by atoms with Crippen molar-refractivity contribution >= 4 is 35.3 Å². The molecule has 1 unspecified atom stereocenters. The molecule has 0 saturated heterocycles. The first-order chi connectivity index (χ1) is 15.0. The van der Waals surface area contributed by atoms with Crippen molar-refractivity contribution in [3.05, 3.63) is 35.5 Å². The molecule has 0 aliphatic carbocycles. The number of carbonyl (C=O) groups is 3. The quantitative estimate of drug-likeness (QED) is 0.166. The largest absolute Gasteiger partial charge is 0.496 e. The Labute approximate surface area is 182 Å². The smallest absolute Gasteiger partial charge is 0.383 e. The molecule has 1 aromatic rings. The second-order valence-corrected chi connectivity index (χ2v) is 6.90. The average Bonchev–Trinajstić information content (AvgIpc) is 3.28. The van der Waals surface area contributed by atoms with Gasteiger partial charge >= 0.3 is 11.8 Å². The number of hydrogen-bond acceptors (Lipinski definition) is 8. The van der Waals surface area contributed by atoms with Gasteiger partial charge in [0.05, 0.1) is 26.0 Å². The lowest BCUT2D eigenvalue weighted by atomic mass is 10.1. The third kappa shape index (κ3) is 6.10. The van der Waals surface area contributed by atoms with Crippen LogP contribution < -0.4 is 4.74 Å². The number of allylic oxidation sites excluding steroid dienone is 1. The van der Waals surface area contributed by atoms with Gasteiger partial charge in [0.15, 0.2) is 5.76 Å². The van der Waals surface area contributed by atoms with Crippen molar-refractivity contribution in [2.24, 2.45) is 9.98 Å². The summed E-state index contributed by atoms with van der Waals surface area (Å²) in [5.41, 5.74) is 0.845. The highest BCUT2D eigenvalue weighted by atomic mass is 16.5. The topological polar surface area (TPSA) is 104 Å². The van der Waals surface area contributed by atoms with Crippen LogP contribution in [0.4, 0.5) is 0 Å². The van der Waals surface area contributed by atoms with Crippen molar-refractivity contribution in [1.82, 2.24) is 0 Å². The number of ketones is 2. The molecule has 0 fully saturated rings. The van der Waals surface area contributed by atoms with Gasteiger partial charge < -0.3 is 14.2 Å². The van der Waals surface area contributed by atoms with Gasteiger partial charge in [0.1, 0.15) is 17.6 Å². The van der Waals surface area contributed by atoms with Crippen LogP contribution in [-0.2, 0) is 23.9 Å². The highest BCUT2D eigenvalue weighted by Crippen LogP contribution is 2.29. The van der Waals surface area contributed by atoms with Gasteiger partial charge in [-0.3, -0.25) is 9.59 Å². The Morgan fingerprint density at radius 1 is 1.06 bits per heavy atom. The SMILES string of the molecule is CCCCCC(CC)OC(=O)C(=O)C(=O)C1=NC(=C(OC)c2ccccc2OC)C=N1. The lowest BCUT2D eigenvalue weighted by Crippen LogP contribution is -2.33. The van der Waals surface area contributed by atoms with Crippen molar-refractivity contribution in [1.29, 1.82) is 0 Å². The van der Waals surface area contributed by atoms with Crippen molar-refractivity contribution < 1.29 is 28.6 Å². The molecule has 166 valence electrons. The molecular weight excluding hydrogens is 400 g/mol. The van der Waals surface area contributed by atoms with Gasteiger partial charge in [-0.2, -0.15) is 0 Å². The van der Waals surface area contributed by atoms with Crippen LogP contribution in [0.1, 0.15) is 51.5 Å². The van der Waals surface area contributed by atoms with E-state index in [0.29, 0.717) is 29.9 Å². The number of Topliss-reactive ketones (excluding diaryl/α,β-unsaturated/α-hetero) is 2. The van der Waals surface area contributed by atoms with E-state index in [1.165, 1.54) is 20.4 Å². The molecule has 1 aliphatic rings. The zero-order valence-corrected chi connectivity index (χ0v) is 18.3. The number of amidine groups is 1. The van der Waals surface area contributed by atoms with Crippen LogP contribution in [0.15, 0.2) is 39.9 Å². The Hall–Kier alpha value is -3.29. The first-order valence-electron chi connectivity index (χ1n) is 10.3. The van der Waals surface area contributed by atoms with E-state index < -0.39 is 23.6 Å². The number of unbranched alkanes of at least 4 members (excludes halogenated alkanes) is 2. The number of benzene rings is 1. The van der Waals surface area contributed by atoms with Gasteiger partial charge in [0.25, 0.3) is 5.78 Å². The number of ether oxygens (including phenoxy) is 3. The normalized spacial score (nSPS) is 15.2. The van der Waals surface area contributed by atoms with Crippen molar-refractivity contribution in [2.45, 2.75) is 52.1 Å². The summed E-state index contributed by atoms with van der Waals surface area (Å²) < 4.78 is 16.0.